The predicted molar refractivity (Wildman–Crippen MR) is 42.1 cm³/mol. The average molecular weight is 264 g/mol. The molecule has 0 radical (unpaired) electrons. The highest BCUT2D eigenvalue weighted by Gasteiger charge is 2.41. The first-order valence-electron chi connectivity index (χ1n) is 2.89. The lowest BCUT2D eigenvalue weighted by Crippen LogP contribution is -2.18. The third-order valence-corrected chi connectivity index (χ3v) is 3.07. The number of hydrogen-bond acceptors (Lipinski definition) is 7. The molecule has 0 aromatic carbocycles. The van der Waals surface area contributed by atoms with Crippen molar-refractivity contribution in [3.63, 3.8) is 0 Å². The largest absolute Gasteiger partial charge is 0.603 e. The van der Waals surface area contributed by atoms with Crippen molar-refractivity contribution in [3.05, 3.63) is 0 Å². The Morgan fingerprint density at radius 3 is 1.53 bits per heavy atom. The molecule has 0 fully saturated rings. The molecular formula is C2H6N2O9P2. The number of amides is 2. The Morgan fingerprint density at radius 1 is 1.00 bits per heavy atom. The molecule has 0 saturated carbocycles. The van der Waals surface area contributed by atoms with Gasteiger partial charge in [0.25, 0.3) is 0 Å². The molecule has 0 aromatic heterocycles. The Hall–Kier alpha value is -1.12. The molecule has 0 aliphatic rings. The molecule has 88 valence electrons. The molecule has 11 nitrogen and oxygen atoms in total. The van der Waals surface area contributed by atoms with Crippen molar-refractivity contribution in [1.82, 2.24) is 0 Å². The molecule has 15 heavy (non-hydrogen) atoms. The lowest BCUT2D eigenvalue weighted by atomic mass is 11.3. The molecule has 0 saturated heterocycles. The maximum atomic E-state index is 11.1. The molecule has 0 aliphatic heterocycles. The smallest absolute Gasteiger partial charge is 0.344 e. The zero-order chi connectivity index (χ0) is 12.3. The van der Waals surface area contributed by atoms with Gasteiger partial charge in [-0.1, -0.05) is 0 Å². The van der Waals surface area contributed by atoms with E-state index in [9.17, 15) is 18.7 Å². The molecule has 0 atom stereocenters. The maximum Gasteiger partial charge on any atom is 0.603 e. The summed E-state index contributed by atoms with van der Waals surface area (Å²) in [5, 5.41) is 0. The SMILES string of the molecule is NC(=O)OP(=O)(OC(N)=O)OP(=O)(O)O. The third kappa shape index (κ3) is 6.89. The van der Waals surface area contributed by atoms with Crippen LogP contribution >= 0.6 is 15.6 Å². The lowest BCUT2D eigenvalue weighted by Gasteiger charge is -2.14. The quantitative estimate of drug-likeness (QED) is 0.480. The fraction of sp³-hybridized carbons (Fsp3) is 0. The molecule has 0 aromatic rings. The third-order valence-electron chi connectivity index (χ3n) is 0.610. The molecule has 0 bridgehead atoms. The highest BCUT2D eigenvalue weighted by molar-refractivity contribution is 7.61. The van der Waals surface area contributed by atoms with Crippen LogP contribution in [0.25, 0.3) is 0 Å². The van der Waals surface area contributed by atoms with E-state index < -0.39 is 27.8 Å². The second-order valence-electron chi connectivity index (χ2n) is 1.84. The number of rotatable bonds is 4. The van der Waals surface area contributed by atoms with E-state index in [0.29, 0.717) is 0 Å². The number of primary amides is 2. The van der Waals surface area contributed by atoms with Crippen molar-refractivity contribution < 1.29 is 41.9 Å². The van der Waals surface area contributed by atoms with Gasteiger partial charge in [-0.2, -0.15) is 4.31 Å². The minimum Gasteiger partial charge on any atom is -0.344 e. The molecule has 0 rings (SSSR count). The molecule has 2 amide bonds. The fourth-order valence-corrected chi connectivity index (χ4v) is 2.19. The number of hydrogen-bond donors (Lipinski definition) is 4. The van der Waals surface area contributed by atoms with Crippen LogP contribution in [0, 0.1) is 0 Å². The van der Waals surface area contributed by atoms with Gasteiger partial charge >= 0.3 is 27.8 Å². The molecule has 6 N–H and O–H groups in total. The summed E-state index contributed by atoms with van der Waals surface area (Å²) in [5.41, 5.74) is 8.75. The maximum absolute atomic E-state index is 11.1. The van der Waals surface area contributed by atoms with Crippen molar-refractivity contribution in [2.45, 2.75) is 0 Å². The van der Waals surface area contributed by atoms with Crippen LogP contribution in [-0.2, 0) is 22.5 Å². The Kier molecular flexibility index (Phi) is 4.26. The Labute approximate surface area is 82.1 Å². The van der Waals surface area contributed by atoms with E-state index in [1.807, 2.05) is 0 Å². The van der Waals surface area contributed by atoms with Gasteiger partial charge in [0.15, 0.2) is 0 Å². The Bertz CT molecular complexity index is 337. The van der Waals surface area contributed by atoms with Gasteiger partial charge in [0.2, 0.25) is 0 Å². The first-order valence-corrected chi connectivity index (χ1v) is 5.88. The van der Waals surface area contributed by atoms with Crippen molar-refractivity contribution in [1.29, 1.82) is 0 Å². The van der Waals surface area contributed by atoms with Crippen molar-refractivity contribution in [2.75, 3.05) is 0 Å². The van der Waals surface area contributed by atoms with Crippen LogP contribution in [0.15, 0.2) is 0 Å². The fourth-order valence-electron chi connectivity index (χ4n) is 0.403. The number of nitrogens with two attached hydrogens (primary N) is 2. The standard InChI is InChI=1S/C2H6N2O9P2/c3-1(5)11-15(10,12-2(4)6)13-14(7,8)9/h(H2,3,5)(H2,4,6)(H2,7,8,9). The lowest BCUT2D eigenvalue weighted by molar-refractivity contribution is 0.159. The highest BCUT2D eigenvalue weighted by Crippen LogP contribution is 2.60. The number of carbonyl (C=O) groups excluding carboxylic acids is 2. The van der Waals surface area contributed by atoms with Gasteiger partial charge < -0.3 is 30.3 Å². The van der Waals surface area contributed by atoms with Crippen LogP contribution < -0.4 is 11.5 Å². The van der Waals surface area contributed by atoms with Crippen molar-refractivity contribution in [2.24, 2.45) is 11.5 Å². The molecule has 0 spiro atoms. The van der Waals surface area contributed by atoms with Gasteiger partial charge in [-0.25, -0.2) is 18.7 Å². The van der Waals surface area contributed by atoms with E-state index in [1.54, 1.807) is 0 Å². The molecule has 0 unspecified atom stereocenters. The van der Waals surface area contributed by atoms with Crippen LogP contribution in [0.2, 0.25) is 0 Å². The topological polar surface area (TPSA) is 188 Å². The minimum atomic E-state index is -5.33. The van der Waals surface area contributed by atoms with Crippen molar-refractivity contribution >= 4 is 27.8 Å². The zero-order valence-corrected chi connectivity index (χ0v) is 8.59. The normalized spacial score (nSPS) is 11.9. The summed E-state index contributed by atoms with van der Waals surface area (Å²) in [6.45, 7) is 0. The average Bonchev–Trinajstić information content (AvgIpc) is 1.73. The summed E-state index contributed by atoms with van der Waals surface area (Å²) in [6.07, 6.45) is -3.49. The minimum absolute atomic E-state index is 1.74. The van der Waals surface area contributed by atoms with Gasteiger partial charge in [0.05, 0.1) is 0 Å². The van der Waals surface area contributed by atoms with Gasteiger partial charge in [0.1, 0.15) is 0 Å². The molecule has 0 heterocycles. The van der Waals surface area contributed by atoms with E-state index in [2.05, 4.69) is 24.8 Å². The highest BCUT2D eigenvalue weighted by atomic mass is 31.3. The van der Waals surface area contributed by atoms with E-state index in [1.165, 1.54) is 0 Å². The van der Waals surface area contributed by atoms with E-state index >= 15 is 0 Å². The van der Waals surface area contributed by atoms with E-state index in [4.69, 9.17) is 9.79 Å². The van der Waals surface area contributed by atoms with Gasteiger partial charge in [0, 0.05) is 0 Å². The molecule has 0 aliphatic carbocycles. The number of carbonyl (C=O) groups is 2. The zero-order valence-electron chi connectivity index (χ0n) is 6.80. The van der Waals surface area contributed by atoms with Gasteiger partial charge in [-0.3, -0.25) is 0 Å². The Morgan fingerprint density at radius 2 is 1.33 bits per heavy atom. The summed E-state index contributed by atoms with van der Waals surface area (Å²) in [5.74, 6) is 0. The van der Waals surface area contributed by atoms with Crippen LogP contribution in [-0.4, -0.2) is 22.0 Å². The Balaban J connectivity index is 4.86. The predicted octanol–water partition coefficient (Wildman–Crippen LogP) is -0.606. The van der Waals surface area contributed by atoms with Gasteiger partial charge in [-0.05, 0) is 0 Å². The monoisotopic (exact) mass is 264 g/mol. The van der Waals surface area contributed by atoms with Crippen LogP contribution in [0.5, 0.6) is 0 Å². The first-order chi connectivity index (χ1) is 6.54. The second kappa shape index (κ2) is 4.60. The van der Waals surface area contributed by atoms with Crippen LogP contribution in [0.4, 0.5) is 9.59 Å². The second-order valence-corrected chi connectivity index (χ2v) is 4.73. The summed E-state index contributed by atoms with van der Waals surface area (Å²) in [7, 11) is -10.5. The van der Waals surface area contributed by atoms with E-state index in [-0.39, 0.29) is 0 Å². The summed E-state index contributed by atoms with van der Waals surface area (Å²) < 4.78 is 31.9. The molecular weight excluding hydrogens is 258 g/mol. The number of phosphoric acid groups is 2. The number of phosphoric ester groups is 1. The van der Waals surface area contributed by atoms with Crippen LogP contribution in [0.3, 0.4) is 0 Å². The molecule has 13 heteroatoms. The van der Waals surface area contributed by atoms with Gasteiger partial charge in [-0.15, -0.1) is 0 Å². The van der Waals surface area contributed by atoms with Crippen LogP contribution in [0.1, 0.15) is 0 Å². The summed E-state index contributed by atoms with van der Waals surface area (Å²) >= 11 is 0. The summed E-state index contributed by atoms with van der Waals surface area (Å²) in [6, 6.07) is 0. The first kappa shape index (κ1) is 13.9. The van der Waals surface area contributed by atoms with Crippen molar-refractivity contribution in [3.8, 4) is 0 Å². The summed E-state index contributed by atoms with van der Waals surface area (Å²) in [4.78, 5) is 36.8. The van der Waals surface area contributed by atoms with E-state index in [0.717, 1.165) is 0 Å².